The van der Waals surface area contributed by atoms with Gasteiger partial charge in [-0.2, -0.15) is 0 Å². The summed E-state index contributed by atoms with van der Waals surface area (Å²) in [5.74, 6) is 1.01. The van der Waals surface area contributed by atoms with E-state index in [1.165, 1.54) is 61.8 Å². The van der Waals surface area contributed by atoms with E-state index >= 15 is 0 Å². The number of aryl methyl sites for hydroxylation is 1. The van der Waals surface area contributed by atoms with Crippen LogP contribution in [0.1, 0.15) is 61.3 Å². The van der Waals surface area contributed by atoms with E-state index in [-0.39, 0.29) is 6.10 Å². The van der Waals surface area contributed by atoms with Gasteiger partial charge in [-0.1, -0.05) is 19.3 Å². The molecule has 2 aliphatic carbocycles. The van der Waals surface area contributed by atoms with Crippen LogP contribution in [0, 0.1) is 5.92 Å². The van der Waals surface area contributed by atoms with Gasteiger partial charge in [0.05, 0.1) is 6.10 Å². The number of aliphatic hydroxyl groups excluding tert-OH is 1. The van der Waals surface area contributed by atoms with Gasteiger partial charge in [0.25, 0.3) is 0 Å². The first-order valence-corrected chi connectivity index (χ1v) is 7.98. The highest BCUT2D eigenvalue weighted by molar-refractivity contribution is 7.10. The van der Waals surface area contributed by atoms with Crippen molar-refractivity contribution >= 4 is 11.3 Å². The highest BCUT2D eigenvalue weighted by Gasteiger charge is 2.32. The van der Waals surface area contributed by atoms with Crippen molar-refractivity contribution in [2.75, 3.05) is 0 Å². The molecule has 1 N–H and O–H groups in total. The van der Waals surface area contributed by atoms with Crippen LogP contribution in [0.5, 0.6) is 0 Å². The molecule has 94 valence electrons. The van der Waals surface area contributed by atoms with Gasteiger partial charge < -0.3 is 5.11 Å². The lowest BCUT2D eigenvalue weighted by Crippen LogP contribution is -2.31. The van der Waals surface area contributed by atoms with Gasteiger partial charge in [0, 0.05) is 10.8 Å². The van der Waals surface area contributed by atoms with Crippen molar-refractivity contribution < 1.29 is 5.11 Å². The van der Waals surface area contributed by atoms with Gasteiger partial charge in [0.15, 0.2) is 0 Å². The van der Waals surface area contributed by atoms with Crippen LogP contribution in [0.2, 0.25) is 0 Å². The zero-order valence-electron chi connectivity index (χ0n) is 10.4. The van der Waals surface area contributed by atoms with E-state index in [9.17, 15) is 5.11 Å². The van der Waals surface area contributed by atoms with Crippen molar-refractivity contribution in [3.05, 3.63) is 21.9 Å². The third kappa shape index (κ3) is 2.30. The Morgan fingerprint density at radius 2 is 1.94 bits per heavy atom. The lowest BCUT2D eigenvalue weighted by atomic mass is 9.75. The minimum Gasteiger partial charge on any atom is -0.392 e. The molecule has 1 aromatic heterocycles. The summed E-state index contributed by atoms with van der Waals surface area (Å²) in [6.07, 6.45) is 10.1. The lowest BCUT2D eigenvalue weighted by Gasteiger charge is -2.34. The molecule has 1 saturated carbocycles. The van der Waals surface area contributed by atoms with Crippen molar-refractivity contribution in [1.82, 2.24) is 0 Å². The molecule has 0 amide bonds. The van der Waals surface area contributed by atoms with E-state index in [1.807, 2.05) is 11.3 Å². The molecule has 2 aliphatic rings. The molecule has 0 bridgehead atoms. The van der Waals surface area contributed by atoms with Crippen LogP contribution in [0.15, 0.2) is 11.4 Å². The predicted molar refractivity (Wildman–Crippen MR) is 72.6 cm³/mol. The number of rotatable bonds is 2. The topological polar surface area (TPSA) is 20.2 Å². The summed E-state index contributed by atoms with van der Waals surface area (Å²) in [5, 5.41) is 12.9. The van der Waals surface area contributed by atoms with Crippen molar-refractivity contribution in [2.24, 2.45) is 5.92 Å². The van der Waals surface area contributed by atoms with Crippen LogP contribution in [-0.4, -0.2) is 11.2 Å². The molecule has 0 aromatic carbocycles. The van der Waals surface area contributed by atoms with Crippen LogP contribution in [-0.2, 0) is 6.42 Å². The monoisotopic (exact) mass is 250 g/mol. The van der Waals surface area contributed by atoms with Crippen molar-refractivity contribution in [3.63, 3.8) is 0 Å². The van der Waals surface area contributed by atoms with E-state index < -0.39 is 0 Å². The summed E-state index contributed by atoms with van der Waals surface area (Å²) in [4.78, 5) is 1.54. The van der Waals surface area contributed by atoms with E-state index in [0.717, 1.165) is 0 Å². The quantitative estimate of drug-likeness (QED) is 0.837. The first-order chi connectivity index (χ1) is 8.36. The Kier molecular flexibility index (Phi) is 3.53. The van der Waals surface area contributed by atoms with Crippen LogP contribution in [0.4, 0.5) is 0 Å². The molecule has 1 nitrogen and oxygen atoms in total. The molecule has 1 aromatic rings. The van der Waals surface area contributed by atoms with Crippen molar-refractivity contribution in [2.45, 2.75) is 63.4 Å². The minimum absolute atomic E-state index is 0.0797. The van der Waals surface area contributed by atoms with Crippen molar-refractivity contribution in [1.29, 1.82) is 0 Å². The molecule has 0 saturated heterocycles. The number of hydrogen-bond donors (Lipinski definition) is 1. The molecule has 3 rings (SSSR count). The molecule has 1 fully saturated rings. The summed E-state index contributed by atoms with van der Waals surface area (Å²) in [6.45, 7) is 0. The summed E-state index contributed by atoms with van der Waals surface area (Å²) in [7, 11) is 0. The average molecular weight is 250 g/mol. The van der Waals surface area contributed by atoms with E-state index in [1.54, 1.807) is 0 Å². The fourth-order valence-corrected chi connectivity index (χ4v) is 4.68. The maximum atomic E-state index is 10.7. The molecular weight excluding hydrogens is 228 g/mol. The van der Waals surface area contributed by atoms with Crippen LogP contribution in [0.3, 0.4) is 0 Å². The highest BCUT2D eigenvalue weighted by atomic mass is 32.1. The fourth-order valence-electron chi connectivity index (χ4n) is 3.68. The molecule has 0 spiro atoms. The first kappa shape index (κ1) is 11.7. The second-order valence-electron chi connectivity index (χ2n) is 5.69. The Hall–Kier alpha value is -0.340. The molecule has 2 atom stereocenters. The predicted octanol–water partition coefficient (Wildman–Crippen LogP) is 4.11. The van der Waals surface area contributed by atoms with Gasteiger partial charge in [-0.05, 0) is 55.0 Å². The van der Waals surface area contributed by atoms with Crippen LogP contribution < -0.4 is 0 Å². The molecule has 17 heavy (non-hydrogen) atoms. The summed E-state index contributed by atoms with van der Waals surface area (Å²) < 4.78 is 0. The third-order valence-electron chi connectivity index (χ3n) is 4.64. The zero-order chi connectivity index (χ0) is 11.7. The molecule has 0 radical (unpaired) electrons. The second kappa shape index (κ2) is 5.11. The lowest BCUT2D eigenvalue weighted by molar-refractivity contribution is 0.0552. The normalized spacial score (nSPS) is 27.7. The zero-order valence-corrected chi connectivity index (χ0v) is 11.2. The van der Waals surface area contributed by atoms with E-state index in [4.69, 9.17) is 0 Å². The third-order valence-corrected chi connectivity index (χ3v) is 5.64. The second-order valence-corrected chi connectivity index (χ2v) is 6.69. The largest absolute Gasteiger partial charge is 0.392 e. The smallest absolute Gasteiger partial charge is 0.0637 e. The van der Waals surface area contributed by atoms with Gasteiger partial charge in [-0.3, -0.25) is 0 Å². The van der Waals surface area contributed by atoms with Crippen molar-refractivity contribution in [3.8, 4) is 0 Å². The Morgan fingerprint density at radius 1 is 1.12 bits per heavy atom. The average Bonchev–Trinajstić information content (AvgIpc) is 2.87. The summed E-state index contributed by atoms with van der Waals surface area (Å²) in [6, 6.07) is 2.26. The SMILES string of the molecule is OC(C1CCCCC1)C1CCCc2sccc21. The molecule has 2 heteroatoms. The Balaban J connectivity index is 1.76. The van der Waals surface area contributed by atoms with Crippen LogP contribution in [0.25, 0.3) is 0 Å². The van der Waals surface area contributed by atoms with E-state index in [2.05, 4.69) is 11.4 Å². The Bertz CT molecular complexity index is 365. The number of fused-ring (bicyclic) bond motifs is 1. The number of hydrogen-bond acceptors (Lipinski definition) is 2. The Labute approximate surface area is 108 Å². The summed E-state index contributed by atoms with van der Waals surface area (Å²) >= 11 is 1.88. The van der Waals surface area contributed by atoms with Gasteiger partial charge in [0.2, 0.25) is 0 Å². The van der Waals surface area contributed by atoms with Gasteiger partial charge in [-0.15, -0.1) is 11.3 Å². The number of aliphatic hydroxyl groups is 1. The summed E-state index contributed by atoms with van der Waals surface area (Å²) in [5.41, 5.74) is 1.47. The molecule has 1 heterocycles. The van der Waals surface area contributed by atoms with Gasteiger partial charge >= 0.3 is 0 Å². The maximum absolute atomic E-state index is 10.7. The standard InChI is InChI=1S/C15H22OS/c16-15(11-5-2-1-3-6-11)13-7-4-8-14-12(13)9-10-17-14/h9-11,13,15-16H,1-8H2. The first-order valence-electron chi connectivity index (χ1n) is 7.10. The van der Waals surface area contributed by atoms with Gasteiger partial charge in [-0.25, -0.2) is 0 Å². The molecule has 0 aliphatic heterocycles. The molecular formula is C15H22OS. The Morgan fingerprint density at radius 3 is 2.76 bits per heavy atom. The maximum Gasteiger partial charge on any atom is 0.0637 e. The van der Waals surface area contributed by atoms with E-state index in [0.29, 0.717) is 11.8 Å². The van der Waals surface area contributed by atoms with Crippen LogP contribution >= 0.6 is 11.3 Å². The number of thiophene rings is 1. The highest BCUT2D eigenvalue weighted by Crippen LogP contribution is 2.41. The molecule has 2 unspecified atom stereocenters. The van der Waals surface area contributed by atoms with Gasteiger partial charge in [0.1, 0.15) is 0 Å². The minimum atomic E-state index is -0.0797. The fraction of sp³-hybridized carbons (Fsp3) is 0.733.